The molecular weight excluding hydrogens is 282 g/mol. The second-order valence-electron chi connectivity index (χ2n) is 5.32. The Kier molecular flexibility index (Phi) is 4.20. The monoisotopic (exact) mass is 301 g/mol. The Bertz CT molecular complexity index is 585. The predicted molar refractivity (Wildman–Crippen MR) is 85.9 cm³/mol. The van der Waals surface area contributed by atoms with E-state index in [1.165, 1.54) is 11.3 Å². The average molecular weight is 301 g/mol. The number of pyridine rings is 1. The van der Waals surface area contributed by atoms with Gasteiger partial charge in [-0.2, -0.15) is 0 Å². The van der Waals surface area contributed by atoms with Crippen molar-refractivity contribution in [3.63, 3.8) is 0 Å². The summed E-state index contributed by atoms with van der Waals surface area (Å²) in [4.78, 5) is 21.8. The highest BCUT2D eigenvalue weighted by molar-refractivity contribution is 7.12. The molecule has 3 heterocycles. The fourth-order valence-electron chi connectivity index (χ4n) is 2.76. The first-order valence-electron chi connectivity index (χ1n) is 7.22. The number of anilines is 1. The molecule has 0 aromatic carbocycles. The fourth-order valence-corrected chi connectivity index (χ4v) is 3.47. The van der Waals surface area contributed by atoms with Gasteiger partial charge in [0.15, 0.2) is 0 Å². The maximum absolute atomic E-state index is 12.5. The van der Waals surface area contributed by atoms with Gasteiger partial charge in [0.05, 0.1) is 4.88 Å². The summed E-state index contributed by atoms with van der Waals surface area (Å²) in [7, 11) is 1.91. The van der Waals surface area contributed by atoms with Crippen LogP contribution in [-0.4, -0.2) is 42.0 Å². The summed E-state index contributed by atoms with van der Waals surface area (Å²) in [6.45, 7) is 1.86. The number of likely N-dealkylation sites (N-methyl/N-ethyl adjacent to an activating group) is 1. The lowest BCUT2D eigenvalue weighted by Gasteiger charge is -2.38. The molecule has 0 spiro atoms. The van der Waals surface area contributed by atoms with Gasteiger partial charge in [-0.3, -0.25) is 4.79 Å². The molecule has 1 amide bonds. The molecule has 0 aliphatic carbocycles. The molecule has 1 aliphatic heterocycles. The zero-order chi connectivity index (χ0) is 14.7. The molecule has 0 bridgehead atoms. The first-order chi connectivity index (χ1) is 10.3. The number of carbonyl (C=O) groups excluding carboxylic acids is 1. The van der Waals surface area contributed by atoms with E-state index in [4.69, 9.17) is 0 Å². The van der Waals surface area contributed by atoms with Crippen LogP contribution in [-0.2, 0) is 0 Å². The summed E-state index contributed by atoms with van der Waals surface area (Å²) in [5.74, 6) is 1.12. The van der Waals surface area contributed by atoms with Crippen molar-refractivity contribution in [2.24, 2.45) is 0 Å². The Hall–Kier alpha value is -1.88. The Labute approximate surface area is 129 Å². The maximum Gasteiger partial charge on any atom is 0.263 e. The predicted octanol–water partition coefficient (Wildman–Crippen LogP) is 2.88. The molecule has 110 valence electrons. The lowest BCUT2D eigenvalue weighted by atomic mass is 10.0. The molecule has 3 rings (SSSR count). The summed E-state index contributed by atoms with van der Waals surface area (Å²) < 4.78 is 0. The summed E-state index contributed by atoms with van der Waals surface area (Å²) in [6, 6.07) is 10.0. The van der Waals surface area contributed by atoms with Gasteiger partial charge in [-0.15, -0.1) is 11.3 Å². The Morgan fingerprint density at radius 2 is 2.29 bits per heavy atom. The van der Waals surface area contributed by atoms with Crippen molar-refractivity contribution in [2.75, 3.05) is 25.0 Å². The van der Waals surface area contributed by atoms with E-state index in [0.717, 1.165) is 36.6 Å². The van der Waals surface area contributed by atoms with Crippen LogP contribution >= 0.6 is 11.3 Å². The lowest BCUT2D eigenvalue weighted by molar-refractivity contribution is 0.0722. The lowest BCUT2D eigenvalue weighted by Crippen LogP contribution is -2.48. The first-order valence-corrected chi connectivity index (χ1v) is 8.10. The molecule has 2 aromatic rings. The molecular formula is C16H19N3OS. The van der Waals surface area contributed by atoms with Gasteiger partial charge in [-0.05, 0) is 36.4 Å². The van der Waals surface area contributed by atoms with E-state index >= 15 is 0 Å². The second-order valence-corrected chi connectivity index (χ2v) is 6.27. The topological polar surface area (TPSA) is 36.4 Å². The van der Waals surface area contributed by atoms with Crippen LogP contribution in [0.3, 0.4) is 0 Å². The summed E-state index contributed by atoms with van der Waals surface area (Å²) in [5.41, 5.74) is 0. The summed E-state index contributed by atoms with van der Waals surface area (Å²) in [5, 5.41) is 1.95. The van der Waals surface area contributed by atoms with Crippen LogP contribution in [0.25, 0.3) is 0 Å². The standard InChI is InChI=1S/C16H19N3OS/c1-18(16(20)14-7-5-11-21-14)13-6-4-10-19(12-13)15-8-2-3-9-17-15/h2-3,5,7-9,11,13H,4,6,10,12H2,1H3. The zero-order valence-electron chi connectivity index (χ0n) is 12.1. The van der Waals surface area contributed by atoms with Crippen molar-refractivity contribution in [1.29, 1.82) is 0 Å². The van der Waals surface area contributed by atoms with E-state index in [9.17, 15) is 4.79 Å². The van der Waals surface area contributed by atoms with Gasteiger partial charge in [-0.25, -0.2) is 4.98 Å². The molecule has 0 N–H and O–H groups in total. The number of rotatable bonds is 3. The minimum absolute atomic E-state index is 0.123. The number of amides is 1. The van der Waals surface area contributed by atoms with Crippen molar-refractivity contribution in [1.82, 2.24) is 9.88 Å². The van der Waals surface area contributed by atoms with Crippen molar-refractivity contribution in [2.45, 2.75) is 18.9 Å². The van der Waals surface area contributed by atoms with E-state index in [-0.39, 0.29) is 11.9 Å². The van der Waals surface area contributed by atoms with Crippen LogP contribution in [0.2, 0.25) is 0 Å². The van der Waals surface area contributed by atoms with Crippen LogP contribution in [0.5, 0.6) is 0 Å². The summed E-state index contributed by atoms with van der Waals surface area (Å²) >= 11 is 1.50. The van der Waals surface area contributed by atoms with Crippen molar-refractivity contribution in [3.8, 4) is 0 Å². The molecule has 0 radical (unpaired) electrons. The van der Waals surface area contributed by atoms with Gasteiger partial charge >= 0.3 is 0 Å². The smallest absolute Gasteiger partial charge is 0.263 e. The molecule has 4 nitrogen and oxygen atoms in total. The number of nitrogens with zero attached hydrogens (tertiary/aromatic N) is 3. The van der Waals surface area contributed by atoms with E-state index < -0.39 is 0 Å². The molecule has 2 aromatic heterocycles. The van der Waals surface area contributed by atoms with E-state index in [2.05, 4.69) is 9.88 Å². The Morgan fingerprint density at radius 3 is 3.00 bits per heavy atom. The van der Waals surface area contributed by atoms with Gasteiger partial charge in [-0.1, -0.05) is 12.1 Å². The van der Waals surface area contributed by atoms with Gasteiger partial charge in [0.2, 0.25) is 0 Å². The highest BCUT2D eigenvalue weighted by atomic mass is 32.1. The number of hydrogen-bond acceptors (Lipinski definition) is 4. The minimum atomic E-state index is 0.123. The fraction of sp³-hybridized carbons (Fsp3) is 0.375. The molecule has 1 atom stereocenters. The normalized spacial score (nSPS) is 18.5. The van der Waals surface area contributed by atoms with Gasteiger partial charge in [0.25, 0.3) is 5.91 Å². The average Bonchev–Trinajstić information content (AvgIpc) is 3.09. The molecule has 1 aliphatic rings. The van der Waals surface area contributed by atoms with Gasteiger partial charge < -0.3 is 9.80 Å². The Morgan fingerprint density at radius 1 is 1.38 bits per heavy atom. The number of thiophene rings is 1. The van der Waals surface area contributed by atoms with E-state index in [1.54, 1.807) is 0 Å². The molecule has 1 unspecified atom stereocenters. The zero-order valence-corrected chi connectivity index (χ0v) is 12.9. The number of hydrogen-bond donors (Lipinski definition) is 0. The molecule has 1 saturated heterocycles. The van der Waals surface area contributed by atoms with Crippen LogP contribution in [0, 0.1) is 0 Å². The SMILES string of the molecule is CN(C(=O)c1cccs1)C1CCCN(c2ccccn2)C1. The maximum atomic E-state index is 12.5. The van der Waals surface area contributed by atoms with Crippen molar-refractivity contribution in [3.05, 3.63) is 46.8 Å². The number of aromatic nitrogens is 1. The van der Waals surface area contributed by atoms with Gasteiger partial charge in [0, 0.05) is 32.4 Å². The van der Waals surface area contributed by atoms with Crippen LogP contribution in [0.4, 0.5) is 5.82 Å². The highest BCUT2D eigenvalue weighted by Crippen LogP contribution is 2.22. The Balaban J connectivity index is 1.70. The molecule has 1 fully saturated rings. The number of piperidine rings is 1. The first kappa shape index (κ1) is 14.1. The highest BCUT2D eigenvalue weighted by Gasteiger charge is 2.27. The molecule has 5 heteroatoms. The van der Waals surface area contributed by atoms with E-state index in [1.807, 2.05) is 53.9 Å². The minimum Gasteiger partial charge on any atom is -0.355 e. The van der Waals surface area contributed by atoms with Crippen molar-refractivity contribution < 1.29 is 4.79 Å². The van der Waals surface area contributed by atoms with Crippen LogP contribution in [0.15, 0.2) is 41.9 Å². The third kappa shape index (κ3) is 3.08. The van der Waals surface area contributed by atoms with Crippen molar-refractivity contribution >= 4 is 23.1 Å². The summed E-state index contributed by atoms with van der Waals surface area (Å²) in [6.07, 6.45) is 3.96. The third-order valence-corrected chi connectivity index (χ3v) is 4.83. The van der Waals surface area contributed by atoms with Crippen LogP contribution < -0.4 is 4.90 Å². The third-order valence-electron chi connectivity index (χ3n) is 3.97. The molecule has 21 heavy (non-hydrogen) atoms. The number of carbonyl (C=O) groups is 1. The largest absolute Gasteiger partial charge is 0.355 e. The quantitative estimate of drug-likeness (QED) is 0.874. The van der Waals surface area contributed by atoms with E-state index in [0.29, 0.717) is 0 Å². The van der Waals surface area contributed by atoms with Crippen LogP contribution in [0.1, 0.15) is 22.5 Å². The molecule has 0 saturated carbocycles. The second kappa shape index (κ2) is 6.26. The van der Waals surface area contributed by atoms with Gasteiger partial charge in [0.1, 0.15) is 5.82 Å².